The molecule has 0 bridgehead atoms. The van der Waals surface area contributed by atoms with Crippen molar-refractivity contribution in [3.05, 3.63) is 66.7 Å². The lowest BCUT2D eigenvalue weighted by atomic mass is 10.1. The standard InChI is InChI=1S/C23H32O2Si/c1-18(2)19-14-16-21(17-15-19)26(24-22(3,4)5,25-23(6,7)8)20-12-10-9-11-13-20/h9-17H,1H2,2-8H3. The fourth-order valence-corrected chi connectivity index (χ4v) is 6.73. The molecule has 0 unspecified atom stereocenters. The van der Waals surface area contributed by atoms with E-state index in [0.717, 1.165) is 21.5 Å². The first-order valence-corrected chi connectivity index (χ1v) is 11.0. The van der Waals surface area contributed by atoms with Gasteiger partial charge in [-0.3, -0.25) is 0 Å². The van der Waals surface area contributed by atoms with E-state index in [-0.39, 0.29) is 11.2 Å². The summed E-state index contributed by atoms with van der Waals surface area (Å²) in [4.78, 5) is 0. The number of hydrogen-bond acceptors (Lipinski definition) is 2. The first-order valence-electron chi connectivity index (χ1n) is 9.15. The molecule has 0 aliphatic heterocycles. The van der Waals surface area contributed by atoms with Gasteiger partial charge in [0.05, 0.1) is 11.2 Å². The van der Waals surface area contributed by atoms with Gasteiger partial charge in [0.25, 0.3) is 0 Å². The molecule has 0 amide bonds. The van der Waals surface area contributed by atoms with Gasteiger partial charge in [0.1, 0.15) is 0 Å². The molecule has 0 N–H and O–H groups in total. The molecule has 0 heterocycles. The summed E-state index contributed by atoms with van der Waals surface area (Å²) in [6.07, 6.45) is 0. The Morgan fingerprint density at radius 1 is 0.731 bits per heavy atom. The minimum atomic E-state index is -2.91. The zero-order chi connectivity index (χ0) is 19.6. The molecule has 2 rings (SSSR count). The quantitative estimate of drug-likeness (QED) is 0.698. The zero-order valence-electron chi connectivity index (χ0n) is 17.2. The number of allylic oxidation sites excluding steroid dienone is 1. The van der Waals surface area contributed by atoms with Crippen molar-refractivity contribution >= 4 is 24.5 Å². The van der Waals surface area contributed by atoms with Crippen molar-refractivity contribution < 1.29 is 8.85 Å². The summed E-state index contributed by atoms with van der Waals surface area (Å²) in [6, 6.07) is 18.9. The summed E-state index contributed by atoms with van der Waals surface area (Å²) in [6.45, 7) is 18.6. The van der Waals surface area contributed by atoms with Crippen molar-refractivity contribution in [3.63, 3.8) is 0 Å². The highest BCUT2D eigenvalue weighted by atomic mass is 28.4. The molecule has 0 aromatic heterocycles. The van der Waals surface area contributed by atoms with E-state index in [1.165, 1.54) is 0 Å². The highest BCUT2D eigenvalue weighted by molar-refractivity contribution is 6.92. The summed E-state index contributed by atoms with van der Waals surface area (Å²) in [5.74, 6) is 0. The summed E-state index contributed by atoms with van der Waals surface area (Å²) in [7, 11) is -2.91. The lowest BCUT2D eigenvalue weighted by Crippen LogP contribution is -2.68. The number of benzene rings is 2. The number of hydrogen-bond donors (Lipinski definition) is 0. The van der Waals surface area contributed by atoms with Gasteiger partial charge in [-0.2, -0.15) is 0 Å². The molecule has 0 fully saturated rings. The lowest BCUT2D eigenvalue weighted by Gasteiger charge is -2.41. The van der Waals surface area contributed by atoms with Gasteiger partial charge in [-0.1, -0.05) is 66.7 Å². The third-order valence-electron chi connectivity index (χ3n) is 3.81. The van der Waals surface area contributed by atoms with Gasteiger partial charge in [0.2, 0.25) is 0 Å². The molecule has 2 nitrogen and oxygen atoms in total. The van der Waals surface area contributed by atoms with E-state index in [4.69, 9.17) is 8.85 Å². The van der Waals surface area contributed by atoms with Crippen LogP contribution in [0.4, 0.5) is 0 Å². The first kappa shape index (κ1) is 20.6. The molecule has 0 saturated carbocycles. The molecular formula is C23H32O2Si. The fraction of sp³-hybridized carbons (Fsp3) is 0.391. The van der Waals surface area contributed by atoms with E-state index in [1.54, 1.807) is 0 Å². The first-order chi connectivity index (χ1) is 11.9. The van der Waals surface area contributed by atoms with Crippen molar-refractivity contribution in [3.8, 4) is 0 Å². The van der Waals surface area contributed by atoms with Crippen molar-refractivity contribution in [2.45, 2.75) is 59.7 Å². The van der Waals surface area contributed by atoms with Gasteiger partial charge in [0.15, 0.2) is 0 Å². The molecule has 140 valence electrons. The predicted octanol–water partition coefficient (Wildman–Crippen LogP) is 4.91. The second-order valence-corrected chi connectivity index (χ2v) is 11.6. The maximum atomic E-state index is 6.77. The van der Waals surface area contributed by atoms with Crippen LogP contribution < -0.4 is 10.4 Å². The lowest BCUT2D eigenvalue weighted by molar-refractivity contribution is 0.0296. The Labute approximate surface area is 160 Å². The van der Waals surface area contributed by atoms with Crippen LogP contribution in [0.5, 0.6) is 0 Å². The van der Waals surface area contributed by atoms with Crippen LogP contribution in [0.1, 0.15) is 54.0 Å². The minimum Gasteiger partial charge on any atom is -0.383 e. The Morgan fingerprint density at radius 3 is 1.54 bits per heavy atom. The largest absolute Gasteiger partial charge is 0.407 e. The molecule has 2 aromatic carbocycles. The van der Waals surface area contributed by atoms with Crippen molar-refractivity contribution in [2.24, 2.45) is 0 Å². The Hall–Kier alpha value is -1.68. The molecule has 0 aliphatic carbocycles. The molecule has 0 spiro atoms. The average molecular weight is 369 g/mol. The highest BCUT2D eigenvalue weighted by Crippen LogP contribution is 2.24. The normalized spacial score (nSPS) is 12.9. The average Bonchev–Trinajstić information content (AvgIpc) is 2.52. The minimum absolute atomic E-state index is 0.333. The van der Waals surface area contributed by atoms with E-state index in [2.05, 4.69) is 96.7 Å². The SMILES string of the molecule is C=C(C)c1ccc([Si](OC(C)(C)C)(OC(C)(C)C)c2ccccc2)cc1. The van der Waals surface area contributed by atoms with Gasteiger partial charge >= 0.3 is 8.56 Å². The van der Waals surface area contributed by atoms with Crippen LogP contribution in [-0.4, -0.2) is 19.8 Å². The van der Waals surface area contributed by atoms with Crippen LogP contribution in [0.2, 0.25) is 0 Å². The third-order valence-corrected chi connectivity index (χ3v) is 7.80. The van der Waals surface area contributed by atoms with Crippen LogP contribution in [0.25, 0.3) is 5.57 Å². The Morgan fingerprint density at radius 2 is 1.15 bits per heavy atom. The van der Waals surface area contributed by atoms with Crippen LogP contribution in [0.15, 0.2) is 61.2 Å². The molecule has 26 heavy (non-hydrogen) atoms. The number of rotatable bonds is 5. The van der Waals surface area contributed by atoms with Crippen molar-refractivity contribution in [2.75, 3.05) is 0 Å². The molecule has 0 saturated heterocycles. The van der Waals surface area contributed by atoms with Gasteiger partial charge in [-0.15, -0.1) is 0 Å². The van der Waals surface area contributed by atoms with E-state index in [9.17, 15) is 0 Å². The third kappa shape index (κ3) is 5.16. The zero-order valence-corrected chi connectivity index (χ0v) is 18.2. The van der Waals surface area contributed by atoms with Gasteiger partial charge in [-0.25, -0.2) is 0 Å². The molecule has 3 heteroatoms. The summed E-state index contributed by atoms with van der Waals surface area (Å²) >= 11 is 0. The van der Waals surface area contributed by atoms with E-state index < -0.39 is 8.56 Å². The molecule has 2 aromatic rings. The second-order valence-electron chi connectivity index (χ2n) is 8.77. The monoisotopic (exact) mass is 368 g/mol. The Balaban J connectivity index is 2.70. The second kappa shape index (κ2) is 7.51. The van der Waals surface area contributed by atoms with Crippen molar-refractivity contribution in [1.29, 1.82) is 0 Å². The molecule has 0 aliphatic rings. The molecular weight excluding hydrogens is 336 g/mol. The van der Waals surface area contributed by atoms with Gasteiger partial charge in [0, 0.05) is 0 Å². The predicted molar refractivity (Wildman–Crippen MR) is 114 cm³/mol. The van der Waals surface area contributed by atoms with Gasteiger partial charge < -0.3 is 8.85 Å². The maximum absolute atomic E-state index is 6.77. The maximum Gasteiger partial charge on any atom is 0.407 e. The highest BCUT2D eigenvalue weighted by Gasteiger charge is 2.48. The molecule has 0 atom stereocenters. The smallest absolute Gasteiger partial charge is 0.383 e. The Bertz CT molecular complexity index is 719. The van der Waals surface area contributed by atoms with Crippen LogP contribution in [0, 0.1) is 0 Å². The molecule has 0 radical (unpaired) electrons. The fourth-order valence-electron chi connectivity index (χ4n) is 2.92. The van der Waals surface area contributed by atoms with Gasteiger partial charge in [-0.05, 0) is 64.4 Å². The van der Waals surface area contributed by atoms with Crippen LogP contribution in [0.3, 0.4) is 0 Å². The summed E-state index contributed by atoms with van der Waals surface area (Å²) < 4.78 is 13.5. The van der Waals surface area contributed by atoms with Crippen LogP contribution in [-0.2, 0) is 8.85 Å². The topological polar surface area (TPSA) is 18.5 Å². The van der Waals surface area contributed by atoms with Crippen LogP contribution >= 0.6 is 0 Å². The van der Waals surface area contributed by atoms with E-state index in [0.29, 0.717) is 0 Å². The van der Waals surface area contributed by atoms with E-state index >= 15 is 0 Å². The summed E-state index contributed by atoms with van der Waals surface area (Å²) in [5.41, 5.74) is 1.52. The van der Waals surface area contributed by atoms with Crippen molar-refractivity contribution in [1.82, 2.24) is 0 Å². The summed E-state index contributed by atoms with van der Waals surface area (Å²) in [5, 5.41) is 2.23. The Kier molecular flexibility index (Phi) is 5.96. The van der Waals surface area contributed by atoms with E-state index in [1.807, 2.05) is 13.0 Å².